The molecule has 2 aromatic carbocycles. The molecule has 0 aliphatic carbocycles. The number of ether oxygens (including phenoxy) is 1. The number of nitrogens with zero attached hydrogens (tertiary/aromatic N) is 1. The maximum absolute atomic E-state index is 12.1. The Hall–Kier alpha value is -2.71. The Morgan fingerprint density at radius 3 is 2.46 bits per heavy atom. The second kappa shape index (κ2) is 9.48. The first-order chi connectivity index (χ1) is 13.2. The molecule has 0 saturated heterocycles. The lowest BCUT2D eigenvalue weighted by Gasteiger charge is -2.12. The molecule has 7 nitrogen and oxygen atoms in total. The van der Waals surface area contributed by atoms with Gasteiger partial charge in [-0.2, -0.15) is 0 Å². The summed E-state index contributed by atoms with van der Waals surface area (Å²) in [4.78, 5) is 24.0. The van der Waals surface area contributed by atoms with Crippen molar-refractivity contribution in [2.24, 2.45) is 0 Å². The number of aryl methyl sites for hydroxylation is 1. The number of sulfonamides is 1. The van der Waals surface area contributed by atoms with Crippen LogP contribution in [-0.2, 0) is 26.0 Å². The zero-order chi connectivity index (χ0) is 20.7. The number of rotatable bonds is 8. The molecule has 0 fully saturated rings. The van der Waals surface area contributed by atoms with E-state index >= 15 is 0 Å². The van der Waals surface area contributed by atoms with Crippen molar-refractivity contribution in [3.63, 3.8) is 0 Å². The summed E-state index contributed by atoms with van der Waals surface area (Å²) in [6, 6.07) is 13.4. The largest absolute Gasteiger partial charge is 0.452 e. The summed E-state index contributed by atoms with van der Waals surface area (Å²) < 4.78 is 30.3. The Morgan fingerprint density at radius 1 is 1.07 bits per heavy atom. The fourth-order valence-electron chi connectivity index (χ4n) is 2.49. The highest BCUT2D eigenvalue weighted by Gasteiger charge is 2.19. The van der Waals surface area contributed by atoms with Crippen molar-refractivity contribution in [3.05, 3.63) is 65.2 Å². The number of esters is 1. The van der Waals surface area contributed by atoms with Crippen LogP contribution >= 0.6 is 0 Å². The molecule has 8 heteroatoms. The van der Waals surface area contributed by atoms with E-state index in [1.807, 2.05) is 31.2 Å². The van der Waals surface area contributed by atoms with Crippen LogP contribution in [0.4, 0.5) is 0 Å². The van der Waals surface area contributed by atoms with Crippen LogP contribution < -0.4 is 5.32 Å². The number of hydrogen-bond donors (Lipinski definition) is 1. The smallest absolute Gasteiger partial charge is 0.338 e. The lowest BCUT2D eigenvalue weighted by Crippen LogP contribution is -2.30. The van der Waals surface area contributed by atoms with Crippen LogP contribution in [0.15, 0.2) is 53.4 Å². The van der Waals surface area contributed by atoms with Crippen LogP contribution in [0.1, 0.15) is 21.5 Å². The van der Waals surface area contributed by atoms with E-state index in [2.05, 4.69) is 5.32 Å². The zero-order valence-electron chi connectivity index (χ0n) is 16.1. The molecule has 0 aliphatic rings. The second-order valence-corrected chi connectivity index (χ2v) is 8.57. The summed E-state index contributed by atoms with van der Waals surface area (Å²) in [5.41, 5.74) is 2.35. The lowest BCUT2D eigenvalue weighted by atomic mass is 10.1. The monoisotopic (exact) mass is 404 g/mol. The first kappa shape index (κ1) is 21.6. The van der Waals surface area contributed by atoms with Gasteiger partial charge in [0, 0.05) is 20.6 Å². The summed E-state index contributed by atoms with van der Waals surface area (Å²) in [5.74, 6) is -1.18. The molecule has 2 aromatic rings. The van der Waals surface area contributed by atoms with Crippen molar-refractivity contribution >= 4 is 21.9 Å². The van der Waals surface area contributed by atoms with Crippen molar-refractivity contribution in [1.29, 1.82) is 0 Å². The molecule has 0 unspecified atom stereocenters. The highest BCUT2D eigenvalue weighted by atomic mass is 32.2. The third-order valence-corrected chi connectivity index (χ3v) is 5.97. The highest BCUT2D eigenvalue weighted by Crippen LogP contribution is 2.15. The molecule has 2 rings (SSSR count). The normalized spacial score (nSPS) is 11.3. The van der Waals surface area contributed by atoms with E-state index in [4.69, 9.17) is 4.74 Å². The Balaban J connectivity index is 1.86. The van der Waals surface area contributed by atoms with Crippen molar-refractivity contribution in [2.45, 2.75) is 18.2 Å². The predicted octanol–water partition coefficient (Wildman–Crippen LogP) is 1.76. The van der Waals surface area contributed by atoms with Crippen LogP contribution in [-0.4, -0.2) is 51.8 Å². The van der Waals surface area contributed by atoms with Gasteiger partial charge in [0.05, 0.1) is 10.5 Å². The van der Waals surface area contributed by atoms with Gasteiger partial charge in [-0.25, -0.2) is 17.5 Å². The number of amides is 1. The second-order valence-electron chi connectivity index (χ2n) is 6.42. The van der Waals surface area contributed by atoms with E-state index in [0.29, 0.717) is 13.0 Å². The van der Waals surface area contributed by atoms with Crippen molar-refractivity contribution in [2.75, 3.05) is 27.2 Å². The fourth-order valence-corrected chi connectivity index (χ4v) is 3.44. The number of nitrogens with one attached hydrogen (secondary N) is 1. The minimum atomic E-state index is -3.66. The average molecular weight is 404 g/mol. The van der Waals surface area contributed by atoms with Gasteiger partial charge < -0.3 is 10.1 Å². The summed E-state index contributed by atoms with van der Waals surface area (Å²) in [5, 5.41) is 2.70. The molecule has 0 aromatic heterocycles. The molecule has 150 valence electrons. The van der Waals surface area contributed by atoms with Crippen LogP contribution in [0.5, 0.6) is 0 Å². The van der Waals surface area contributed by atoms with Crippen LogP contribution in [0.2, 0.25) is 0 Å². The van der Waals surface area contributed by atoms with Gasteiger partial charge in [-0.1, -0.05) is 30.3 Å². The molecular weight excluding hydrogens is 380 g/mol. The first-order valence-corrected chi connectivity index (χ1v) is 10.2. The third-order valence-electron chi connectivity index (χ3n) is 4.16. The zero-order valence-corrected chi connectivity index (χ0v) is 17.0. The summed E-state index contributed by atoms with van der Waals surface area (Å²) in [6.45, 7) is 2.00. The summed E-state index contributed by atoms with van der Waals surface area (Å²) in [6.07, 6.45) is 0.677. The van der Waals surface area contributed by atoms with Gasteiger partial charge in [0.1, 0.15) is 0 Å². The Kier molecular flexibility index (Phi) is 7.31. The first-order valence-electron chi connectivity index (χ1n) is 8.72. The molecule has 0 aliphatic heterocycles. The number of carbonyl (C=O) groups is 2. The van der Waals surface area contributed by atoms with Crippen molar-refractivity contribution in [1.82, 2.24) is 9.62 Å². The van der Waals surface area contributed by atoms with Gasteiger partial charge >= 0.3 is 5.97 Å². The van der Waals surface area contributed by atoms with Gasteiger partial charge in [0.15, 0.2) is 6.61 Å². The molecule has 0 bridgehead atoms. The predicted molar refractivity (Wildman–Crippen MR) is 105 cm³/mol. The Morgan fingerprint density at radius 2 is 1.79 bits per heavy atom. The van der Waals surface area contributed by atoms with E-state index in [-0.39, 0.29) is 10.5 Å². The molecular formula is C20H24N2O5S. The number of hydrogen-bond acceptors (Lipinski definition) is 5. The van der Waals surface area contributed by atoms with Gasteiger partial charge in [-0.05, 0) is 42.7 Å². The van der Waals surface area contributed by atoms with Crippen molar-refractivity contribution < 1.29 is 22.7 Å². The Labute approximate surface area is 165 Å². The number of carbonyl (C=O) groups excluding carboxylic acids is 2. The van der Waals surface area contributed by atoms with E-state index in [1.165, 1.54) is 38.4 Å². The highest BCUT2D eigenvalue weighted by molar-refractivity contribution is 7.89. The quantitative estimate of drug-likeness (QED) is 0.677. The fraction of sp³-hybridized carbons (Fsp3) is 0.300. The molecule has 0 heterocycles. The van der Waals surface area contributed by atoms with Gasteiger partial charge in [-0.15, -0.1) is 0 Å². The molecule has 0 atom stereocenters. The number of benzene rings is 2. The molecule has 1 N–H and O–H groups in total. The van der Waals surface area contributed by atoms with E-state index in [1.54, 1.807) is 0 Å². The van der Waals surface area contributed by atoms with E-state index in [9.17, 15) is 18.0 Å². The molecule has 0 saturated carbocycles. The topological polar surface area (TPSA) is 92.8 Å². The summed E-state index contributed by atoms with van der Waals surface area (Å²) in [7, 11) is -0.851. The molecule has 0 spiro atoms. The standard InChI is InChI=1S/C20H24N2O5S/c1-15-7-4-5-8-16(15)11-12-21-19(23)14-27-20(24)17-9-6-10-18(13-17)28(25,26)22(2)3/h4-10,13H,11-12,14H2,1-3H3,(H,21,23). The minimum Gasteiger partial charge on any atom is -0.452 e. The van der Waals surface area contributed by atoms with Gasteiger partial charge in [0.2, 0.25) is 10.0 Å². The lowest BCUT2D eigenvalue weighted by molar-refractivity contribution is -0.124. The Bertz CT molecular complexity index is 955. The van der Waals surface area contributed by atoms with E-state index in [0.717, 1.165) is 15.4 Å². The molecule has 28 heavy (non-hydrogen) atoms. The maximum atomic E-state index is 12.1. The van der Waals surface area contributed by atoms with Gasteiger partial charge in [-0.3, -0.25) is 4.79 Å². The SMILES string of the molecule is Cc1ccccc1CCNC(=O)COC(=O)c1cccc(S(=O)(=O)N(C)C)c1. The van der Waals surface area contributed by atoms with E-state index < -0.39 is 28.5 Å². The molecule has 1 amide bonds. The summed E-state index contributed by atoms with van der Waals surface area (Å²) >= 11 is 0. The van der Waals surface area contributed by atoms with Gasteiger partial charge in [0.25, 0.3) is 5.91 Å². The maximum Gasteiger partial charge on any atom is 0.338 e. The van der Waals surface area contributed by atoms with Crippen LogP contribution in [0, 0.1) is 6.92 Å². The third kappa shape index (κ3) is 5.64. The van der Waals surface area contributed by atoms with Crippen LogP contribution in [0.3, 0.4) is 0 Å². The average Bonchev–Trinajstić information content (AvgIpc) is 2.67. The molecule has 0 radical (unpaired) electrons. The minimum absolute atomic E-state index is 0.0189. The van der Waals surface area contributed by atoms with Crippen LogP contribution in [0.25, 0.3) is 0 Å². The van der Waals surface area contributed by atoms with Crippen molar-refractivity contribution in [3.8, 4) is 0 Å².